The van der Waals surface area contributed by atoms with Crippen LogP contribution >= 0.6 is 0 Å². The molecular weight excluding hydrogens is 394 g/mol. The van der Waals surface area contributed by atoms with Crippen LogP contribution in [0.5, 0.6) is 5.75 Å². The number of morpholine rings is 1. The number of rotatable bonds is 8. The number of hydrogen-bond acceptors (Lipinski definition) is 6. The summed E-state index contributed by atoms with van der Waals surface area (Å²) in [6.45, 7) is 6.90. The van der Waals surface area contributed by atoms with Crippen LogP contribution in [0, 0.1) is 6.92 Å². The highest BCUT2D eigenvalue weighted by Crippen LogP contribution is 2.30. The third-order valence-corrected chi connectivity index (χ3v) is 7.59. The third kappa shape index (κ3) is 5.28. The van der Waals surface area contributed by atoms with Crippen LogP contribution in [0.1, 0.15) is 24.8 Å². The van der Waals surface area contributed by atoms with Crippen molar-refractivity contribution in [3.8, 4) is 5.75 Å². The molecule has 0 aromatic heterocycles. The SMILES string of the molecule is COc1ccc(C)c(S(=O)(=O)N2CCC[C@@H]2C(=O)NCCCN2CCOCC2)c1. The molecule has 0 saturated carbocycles. The van der Waals surface area contributed by atoms with Gasteiger partial charge in [0.15, 0.2) is 0 Å². The van der Waals surface area contributed by atoms with E-state index in [0.29, 0.717) is 37.2 Å². The van der Waals surface area contributed by atoms with Gasteiger partial charge in [0, 0.05) is 32.2 Å². The number of methoxy groups -OCH3 is 1. The zero-order valence-electron chi connectivity index (χ0n) is 17.2. The molecule has 1 aromatic rings. The molecule has 162 valence electrons. The lowest BCUT2D eigenvalue weighted by molar-refractivity contribution is -0.124. The smallest absolute Gasteiger partial charge is 0.244 e. The van der Waals surface area contributed by atoms with Crippen LogP contribution < -0.4 is 10.1 Å². The predicted molar refractivity (Wildman–Crippen MR) is 110 cm³/mol. The molecule has 0 aliphatic carbocycles. The van der Waals surface area contributed by atoms with Gasteiger partial charge in [0.05, 0.1) is 25.2 Å². The van der Waals surface area contributed by atoms with Crippen molar-refractivity contribution in [3.05, 3.63) is 23.8 Å². The van der Waals surface area contributed by atoms with Gasteiger partial charge >= 0.3 is 0 Å². The van der Waals surface area contributed by atoms with Gasteiger partial charge in [-0.15, -0.1) is 0 Å². The first-order valence-electron chi connectivity index (χ1n) is 10.2. The Morgan fingerprint density at radius 2 is 2.03 bits per heavy atom. The second-order valence-corrected chi connectivity index (χ2v) is 9.36. The van der Waals surface area contributed by atoms with Crippen molar-refractivity contribution in [1.29, 1.82) is 0 Å². The first kappa shape index (κ1) is 22.0. The van der Waals surface area contributed by atoms with Crippen molar-refractivity contribution >= 4 is 15.9 Å². The Kier molecular flexibility index (Phi) is 7.50. The molecular formula is C20H31N3O5S. The molecule has 29 heavy (non-hydrogen) atoms. The van der Waals surface area contributed by atoms with Gasteiger partial charge in [0.2, 0.25) is 15.9 Å². The van der Waals surface area contributed by atoms with Crippen LogP contribution in [0.2, 0.25) is 0 Å². The largest absolute Gasteiger partial charge is 0.497 e. The van der Waals surface area contributed by atoms with E-state index in [0.717, 1.165) is 39.3 Å². The molecule has 0 radical (unpaired) electrons. The fraction of sp³-hybridized carbons (Fsp3) is 0.650. The summed E-state index contributed by atoms with van der Waals surface area (Å²) in [6.07, 6.45) is 2.05. The Morgan fingerprint density at radius 3 is 2.76 bits per heavy atom. The van der Waals surface area contributed by atoms with E-state index in [1.54, 1.807) is 19.1 Å². The fourth-order valence-electron chi connectivity index (χ4n) is 3.86. The van der Waals surface area contributed by atoms with Gasteiger partial charge in [-0.3, -0.25) is 9.69 Å². The number of hydrogen-bond donors (Lipinski definition) is 1. The minimum Gasteiger partial charge on any atom is -0.497 e. The number of amides is 1. The lowest BCUT2D eigenvalue weighted by Gasteiger charge is -2.27. The van der Waals surface area contributed by atoms with Gasteiger partial charge in [0.1, 0.15) is 11.8 Å². The Hall–Kier alpha value is -1.68. The van der Waals surface area contributed by atoms with E-state index >= 15 is 0 Å². The summed E-state index contributed by atoms with van der Waals surface area (Å²) >= 11 is 0. The highest BCUT2D eigenvalue weighted by molar-refractivity contribution is 7.89. The number of nitrogens with one attached hydrogen (secondary N) is 1. The van der Waals surface area contributed by atoms with Gasteiger partial charge in [-0.05, 0) is 44.4 Å². The maximum Gasteiger partial charge on any atom is 0.244 e. The van der Waals surface area contributed by atoms with Gasteiger partial charge in [-0.25, -0.2) is 8.42 Å². The number of carbonyl (C=O) groups is 1. The molecule has 2 heterocycles. The fourth-order valence-corrected chi connectivity index (χ4v) is 5.76. The third-order valence-electron chi connectivity index (χ3n) is 5.54. The summed E-state index contributed by atoms with van der Waals surface area (Å²) in [5, 5.41) is 2.93. The second-order valence-electron chi connectivity index (χ2n) is 7.50. The highest BCUT2D eigenvalue weighted by Gasteiger charge is 2.40. The predicted octanol–water partition coefficient (Wildman–Crippen LogP) is 0.995. The van der Waals surface area contributed by atoms with Crippen LogP contribution in [0.25, 0.3) is 0 Å². The lowest BCUT2D eigenvalue weighted by Crippen LogP contribution is -2.46. The zero-order valence-corrected chi connectivity index (χ0v) is 18.0. The van der Waals surface area contributed by atoms with E-state index in [4.69, 9.17) is 9.47 Å². The maximum atomic E-state index is 13.2. The molecule has 0 bridgehead atoms. The molecule has 1 amide bonds. The minimum atomic E-state index is -3.77. The van der Waals surface area contributed by atoms with Crippen molar-refractivity contribution in [3.63, 3.8) is 0 Å². The maximum absolute atomic E-state index is 13.2. The topological polar surface area (TPSA) is 88.2 Å². The first-order chi connectivity index (χ1) is 13.9. The first-order valence-corrected chi connectivity index (χ1v) is 11.6. The highest BCUT2D eigenvalue weighted by atomic mass is 32.2. The average Bonchev–Trinajstić information content (AvgIpc) is 3.23. The van der Waals surface area contributed by atoms with Crippen molar-refractivity contribution in [2.45, 2.75) is 37.1 Å². The summed E-state index contributed by atoms with van der Waals surface area (Å²) in [5.41, 5.74) is 0.641. The molecule has 2 fully saturated rings. The zero-order chi connectivity index (χ0) is 20.9. The Morgan fingerprint density at radius 1 is 1.28 bits per heavy atom. The number of nitrogens with zero attached hydrogens (tertiary/aromatic N) is 2. The van der Waals surface area contributed by atoms with E-state index in [1.165, 1.54) is 17.5 Å². The summed E-state index contributed by atoms with van der Waals surface area (Å²) in [7, 11) is -2.27. The molecule has 9 heteroatoms. The summed E-state index contributed by atoms with van der Waals surface area (Å²) in [4.78, 5) is 15.2. The van der Waals surface area contributed by atoms with Crippen molar-refractivity contribution in [2.75, 3.05) is 53.0 Å². The number of aryl methyl sites for hydroxylation is 1. The van der Waals surface area contributed by atoms with Crippen LogP contribution in [-0.4, -0.2) is 82.6 Å². The van der Waals surface area contributed by atoms with Crippen molar-refractivity contribution in [2.24, 2.45) is 0 Å². The van der Waals surface area contributed by atoms with Gasteiger partial charge in [-0.2, -0.15) is 4.31 Å². The molecule has 1 aromatic carbocycles. The van der Waals surface area contributed by atoms with E-state index in [2.05, 4.69) is 10.2 Å². The van der Waals surface area contributed by atoms with Gasteiger partial charge < -0.3 is 14.8 Å². The molecule has 3 rings (SSSR count). The van der Waals surface area contributed by atoms with Crippen LogP contribution in [0.3, 0.4) is 0 Å². The number of sulfonamides is 1. The molecule has 0 spiro atoms. The molecule has 2 saturated heterocycles. The molecule has 2 aliphatic heterocycles. The Labute approximate surface area is 173 Å². The van der Waals surface area contributed by atoms with Crippen LogP contribution in [-0.2, 0) is 19.6 Å². The monoisotopic (exact) mass is 425 g/mol. The van der Waals surface area contributed by atoms with Gasteiger partial charge in [0.25, 0.3) is 0 Å². The van der Waals surface area contributed by atoms with Crippen molar-refractivity contribution < 1.29 is 22.7 Å². The minimum absolute atomic E-state index is 0.198. The van der Waals surface area contributed by atoms with Crippen LogP contribution in [0.4, 0.5) is 0 Å². The van der Waals surface area contributed by atoms with Gasteiger partial charge in [-0.1, -0.05) is 6.07 Å². The standard InChI is InChI=1S/C20H31N3O5S/c1-16-6-7-17(27-2)15-19(16)29(25,26)23-10-3-5-18(23)20(24)21-8-4-9-22-11-13-28-14-12-22/h6-7,15,18H,3-5,8-14H2,1-2H3,(H,21,24)/t18-/m1/s1. The summed E-state index contributed by atoms with van der Waals surface area (Å²) in [6, 6.07) is 4.33. The summed E-state index contributed by atoms with van der Waals surface area (Å²) in [5.74, 6) is 0.270. The number of benzene rings is 1. The number of ether oxygens (including phenoxy) is 2. The molecule has 8 nitrogen and oxygen atoms in total. The molecule has 1 atom stereocenters. The molecule has 0 unspecified atom stereocenters. The second kappa shape index (κ2) is 9.88. The van der Waals surface area contributed by atoms with E-state index in [-0.39, 0.29) is 10.8 Å². The average molecular weight is 426 g/mol. The lowest BCUT2D eigenvalue weighted by atomic mass is 10.2. The summed E-state index contributed by atoms with van der Waals surface area (Å²) < 4.78 is 38.3. The van der Waals surface area contributed by atoms with Crippen molar-refractivity contribution in [1.82, 2.24) is 14.5 Å². The normalized spacial score (nSPS) is 21.2. The van der Waals surface area contributed by atoms with Crippen LogP contribution in [0.15, 0.2) is 23.1 Å². The molecule has 2 aliphatic rings. The Bertz CT molecular complexity index is 808. The number of carbonyl (C=O) groups excluding carboxylic acids is 1. The Balaban J connectivity index is 1.60. The molecule has 1 N–H and O–H groups in total. The quantitative estimate of drug-likeness (QED) is 0.625. The van der Waals surface area contributed by atoms with E-state index < -0.39 is 16.1 Å². The van der Waals surface area contributed by atoms with E-state index in [9.17, 15) is 13.2 Å². The van der Waals surface area contributed by atoms with E-state index in [1.807, 2.05) is 0 Å².